The molecule has 2 rings (SSSR count). The summed E-state index contributed by atoms with van der Waals surface area (Å²) in [6.07, 6.45) is 1.90. The quantitative estimate of drug-likeness (QED) is 0.915. The van der Waals surface area contributed by atoms with Crippen LogP contribution >= 0.6 is 0 Å². The maximum absolute atomic E-state index is 11.6. The van der Waals surface area contributed by atoms with Gasteiger partial charge < -0.3 is 10.2 Å². The van der Waals surface area contributed by atoms with E-state index in [2.05, 4.69) is 11.4 Å². The Morgan fingerprint density at radius 3 is 2.80 bits per heavy atom. The maximum atomic E-state index is 11.6. The van der Waals surface area contributed by atoms with Crippen LogP contribution in [-0.4, -0.2) is 18.9 Å². The molecule has 108 valence electrons. The molecule has 0 fully saturated rings. The van der Waals surface area contributed by atoms with Crippen molar-refractivity contribution in [1.29, 1.82) is 0 Å². The number of rotatable bonds is 4. The molecule has 4 heteroatoms. The van der Waals surface area contributed by atoms with Crippen molar-refractivity contribution in [2.75, 3.05) is 11.9 Å². The SMILES string of the molecule is CC(C)CC(=O)NCc1ccc2c(c1)CCC(=O)N2C. The van der Waals surface area contributed by atoms with Crippen LogP contribution in [0.4, 0.5) is 5.69 Å². The van der Waals surface area contributed by atoms with Gasteiger partial charge >= 0.3 is 0 Å². The van der Waals surface area contributed by atoms with Crippen LogP contribution < -0.4 is 10.2 Å². The summed E-state index contributed by atoms with van der Waals surface area (Å²) in [7, 11) is 1.81. The monoisotopic (exact) mass is 274 g/mol. The van der Waals surface area contributed by atoms with Crippen LogP contribution in [0.2, 0.25) is 0 Å². The van der Waals surface area contributed by atoms with Crippen molar-refractivity contribution < 1.29 is 9.59 Å². The molecule has 0 aromatic heterocycles. The molecule has 0 saturated carbocycles. The number of nitrogens with zero attached hydrogens (tertiary/aromatic N) is 1. The molecule has 20 heavy (non-hydrogen) atoms. The van der Waals surface area contributed by atoms with E-state index in [9.17, 15) is 9.59 Å². The van der Waals surface area contributed by atoms with Crippen molar-refractivity contribution in [1.82, 2.24) is 5.32 Å². The number of carbonyl (C=O) groups is 2. The van der Waals surface area contributed by atoms with E-state index in [0.29, 0.717) is 25.3 Å². The Morgan fingerprint density at radius 1 is 1.35 bits per heavy atom. The van der Waals surface area contributed by atoms with E-state index < -0.39 is 0 Å². The topological polar surface area (TPSA) is 49.4 Å². The fourth-order valence-corrected chi connectivity index (χ4v) is 2.46. The summed E-state index contributed by atoms with van der Waals surface area (Å²) in [6.45, 7) is 4.62. The molecule has 1 aliphatic rings. The summed E-state index contributed by atoms with van der Waals surface area (Å²) in [5.41, 5.74) is 3.25. The van der Waals surface area contributed by atoms with Gasteiger partial charge in [-0.1, -0.05) is 26.0 Å². The summed E-state index contributed by atoms with van der Waals surface area (Å²) >= 11 is 0. The average molecular weight is 274 g/mol. The molecule has 0 saturated heterocycles. The number of aryl methyl sites for hydroxylation is 1. The number of amides is 2. The second kappa shape index (κ2) is 6.07. The van der Waals surface area contributed by atoms with E-state index in [1.807, 2.05) is 33.0 Å². The molecule has 2 amide bonds. The number of anilines is 1. The van der Waals surface area contributed by atoms with Crippen LogP contribution in [-0.2, 0) is 22.6 Å². The number of hydrogen-bond acceptors (Lipinski definition) is 2. The Hall–Kier alpha value is -1.84. The van der Waals surface area contributed by atoms with Gasteiger partial charge in [0.05, 0.1) is 0 Å². The van der Waals surface area contributed by atoms with E-state index in [-0.39, 0.29) is 11.8 Å². The normalized spacial score (nSPS) is 14.4. The minimum Gasteiger partial charge on any atom is -0.352 e. The minimum atomic E-state index is 0.0880. The van der Waals surface area contributed by atoms with Crippen molar-refractivity contribution in [2.45, 2.75) is 39.7 Å². The Balaban J connectivity index is 2.01. The molecule has 0 spiro atoms. The van der Waals surface area contributed by atoms with Gasteiger partial charge in [-0.2, -0.15) is 0 Å². The van der Waals surface area contributed by atoms with Crippen LogP contribution in [0.1, 0.15) is 37.8 Å². The number of hydrogen-bond donors (Lipinski definition) is 1. The van der Waals surface area contributed by atoms with Crippen LogP contribution in [0.15, 0.2) is 18.2 Å². The molecule has 1 aromatic carbocycles. The zero-order chi connectivity index (χ0) is 14.7. The van der Waals surface area contributed by atoms with Gasteiger partial charge in [0.15, 0.2) is 0 Å². The highest BCUT2D eigenvalue weighted by Gasteiger charge is 2.20. The van der Waals surface area contributed by atoms with E-state index in [1.165, 1.54) is 5.56 Å². The molecule has 0 bridgehead atoms. The van der Waals surface area contributed by atoms with E-state index in [1.54, 1.807) is 4.90 Å². The molecule has 1 heterocycles. The third-order valence-electron chi connectivity index (χ3n) is 3.57. The van der Waals surface area contributed by atoms with Gasteiger partial charge in [-0.25, -0.2) is 0 Å². The summed E-state index contributed by atoms with van der Waals surface area (Å²) < 4.78 is 0. The van der Waals surface area contributed by atoms with Crippen molar-refractivity contribution in [2.24, 2.45) is 5.92 Å². The van der Waals surface area contributed by atoms with Gasteiger partial charge in [-0.05, 0) is 29.5 Å². The predicted octanol–water partition coefficient (Wildman–Crippen LogP) is 2.26. The zero-order valence-corrected chi connectivity index (χ0v) is 12.4. The second-order valence-electron chi connectivity index (χ2n) is 5.79. The third-order valence-corrected chi connectivity index (χ3v) is 3.57. The first-order chi connectivity index (χ1) is 9.47. The first kappa shape index (κ1) is 14.6. The van der Waals surface area contributed by atoms with Crippen LogP contribution in [0, 0.1) is 5.92 Å². The van der Waals surface area contributed by atoms with Crippen molar-refractivity contribution >= 4 is 17.5 Å². The molecule has 0 unspecified atom stereocenters. The highest BCUT2D eigenvalue weighted by molar-refractivity contribution is 5.95. The van der Waals surface area contributed by atoms with Gasteiger partial charge in [-0.3, -0.25) is 9.59 Å². The molecular weight excluding hydrogens is 252 g/mol. The van der Waals surface area contributed by atoms with Gasteiger partial charge in [-0.15, -0.1) is 0 Å². The molecule has 1 aliphatic heterocycles. The number of carbonyl (C=O) groups excluding carboxylic acids is 2. The Kier molecular flexibility index (Phi) is 4.42. The molecule has 1 aromatic rings. The first-order valence-corrected chi connectivity index (χ1v) is 7.12. The van der Waals surface area contributed by atoms with Gasteiger partial charge in [0, 0.05) is 32.1 Å². The lowest BCUT2D eigenvalue weighted by molar-refractivity contribution is -0.122. The molecule has 0 aliphatic carbocycles. The number of benzene rings is 1. The smallest absolute Gasteiger partial charge is 0.227 e. The van der Waals surface area contributed by atoms with Gasteiger partial charge in [0.1, 0.15) is 0 Å². The van der Waals surface area contributed by atoms with Crippen molar-refractivity contribution in [3.05, 3.63) is 29.3 Å². The lowest BCUT2D eigenvalue weighted by atomic mass is 9.99. The standard InChI is InChI=1S/C16H22N2O2/c1-11(2)8-15(19)17-10-12-4-6-14-13(9-12)5-7-16(20)18(14)3/h4,6,9,11H,5,7-8,10H2,1-3H3,(H,17,19). The van der Waals surface area contributed by atoms with E-state index in [4.69, 9.17) is 0 Å². The van der Waals surface area contributed by atoms with E-state index in [0.717, 1.165) is 17.7 Å². The first-order valence-electron chi connectivity index (χ1n) is 7.12. The maximum Gasteiger partial charge on any atom is 0.227 e. The Bertz CT molecular complexity index is 523. The molecule has 0 atom stereocenters. The molecular formula is C16H22N2O2. The van der Waals surface area contributed by atoms with Crippen LogP contribution in [0.5, 0.6) is 0 Å². The predicted molar refractivity (Wildman–Crippen MR) is 79.5 cm³/mol. The number of fused-ring (bicyclic) bond motifs is 1. The minimum absolute atomic E-state index is 0.0880. The molecule has 1 N–H and O–H groups in total. The number of nitrogens with one attached hydrogen (secondary N) is 1. The summed E-state index contributed by atoms with van der Waals surface area (Å²) in [6, 6.07) is 6.04. The lowest BCUT2D eigenvalue weighted by Crippen LogP contribution is -2.31. The average Bonchev–Trinajstić information content (AvgIpc) is 2.40. The zero-order valence-electron chi connectivity index (χ0n) is 12.4. The summed E-state index contributed by atoms with van der Waals surface area (Å²) in [4.78, 5) is 25.0. The van der Waals surface area contributed by atoms with E-state index >= 15 is 0 Å². The lowest BCUT2D eigenvalue weighted by Gasteiger charge is -2.26. The highest BCUT2D eigenvalue weighted by atomic mass is 16.2. The van der Waals surface area contributed by atoms with Crippen LogP contribution in [0.25, 0.3) is 0 Å². The van der Waals surface area contributed by atoms with Crippen molar-refractivity contribution in [3.8, 4) is 0 Å². The van der Waals surface area contributed by atoms with Gasteiger partial charge in [0.2, 0.25) is 11.8 Å². The fourth-order valence-electron chi connectivity index (χ4n) is 2.46. The Labute approximate surface area is 120 Å². The summed E-state index contributed by atoms with van der Waals surface area (Å²) in [5.74, 6) is 0.624. The second-order valence-corrected chi connectivity index (χ2v) is 5.79. The van der Waals surface area contributed by atoms with Crippen LogP contribution in [0.3, 0.4) is 0 Å². The highest BCUT2D eigenvalue weighted by Crippen LogP contribution is 2.27. The summed E-state index contributed by atoms with van der Waals surface area (Å²) in [5, 5.41) is 2.94. The third kappa shape index (κ3) is 3.38. The van der Waals surface area contributed by atoms with Gasteiger partial charge in [0.25, 0.3) is 0 Å². The van der Waals surface area contributed by atoms with Crippen molar-refractivity contribution in [3.63, 3.8) is 0 Å². The molecule has 4 nitrogen and oxygen atoms in total. The Morgan fingerprint density at radius 2 is 2.10 bits per heavy atom. The molecule has 0 radical (unpaired) electrons. The largest absolute Gasteiger partial charge is 0.352 e. The fraction of sp³-hybridized carbons (Fsp3) is 0.500.